The van der Waals surface area contributed by atoms with Crippen LogP contribution in [0.3, 0.4) is 0 Å². The van der Waals surface area contributed by atoms with Crippen LogP contribution in [0.2, 0.25) is 0 Å². The van der Waals surface area contributed by atoms with E-state index in [-0.39, 0.29) is 66.8 Å². The highest BCUT2D eigenvalue weighted by molar-refractivity contribution is 5.75. The average molecular weight is 1420 g/mol. The van der Waals surface area contributed by atoms with Crippen molar-refractivity contribution in [2.75, 3.05) is 48.3 Å². The zero-order valence-electron chi connectivity index (χ0n) is 59.5. The van der Waals surface area contributed by atoms with E-state index in [4.69, 9.17) is 64.2 Å². The fourth-order valence-corrected chi connectivity index (χ4v) is 9.16. The molecule has 8 heterocycles. The number of anilines is 4. The van der Waals surface area contributed by atoms with Gasteiger partial charge in [-0.2, -0.15) is 19.9 Å². The molecule has 4 aliphatic rings. The second-order valence-electron chi connectivity index (χ2n) is 25.0. The maximum Gasteiger partial charge on any atom is 0.351 e. The molecule has 4 saturated heterocycles. The van der Waals surface area contributed by atoms with Crippen LogP contribution >= 0.6 is 0 Å². The number of aliphatic hydroxyl groups is 8. The summed E-state index contributed by atoms with van der Waals surface area (Å²) in [5.41, 5.74) is 1.72. The standard InChI is InChI=1S/C17H27N3O7.C15H23N3O7.C14H21N3O7.C13H19N3O7/c1-3-5-10(6-4-2)16(23)26-9-11-13(21)14(22)15(27-11)20-8-7-12(19-25)18-17(20)24;1-15(2,3)6-10(19)24-7-8-11(20)12(21)13(25-8)18-5-4-9(17-23)16-14(18)22;1-14(2,3)12(20)23-6-7-9(18)10(19)11(24-7)17-5-4-8(16-22)15-13(17)21;1-6(2)12(19)22-5-7-9(17)10(18)11(23-7)16-4-3-8(15-21)14-13(16)20/h7-8,10-11,13-15,21-22,25H,3-6,9H2,1-2H3,(H,18,19,24);4-5,8,11-13,20-21,23H,6-7H2,1-3H3,(H,16,17,22);4-5,7,9-11,18-19,22H,6H2,1-3H3,(H,15,16,21);3-4,6-7,9-11,17-18,21H,5H2,1-2H3,(H,14,15,20)/t11-,13-,14-,15-;8-,11-,12-,13-;2*7-,9-,10-,11-/m1111/s1/i15D;13D;2*11D. The zero-order chi connectivity index (χ0) is 77.7. The van der Waals surface area contributed by atoms with Gasteiger partial charge >= 0.3 is 46.6 Å². The zero-order valence-corrected chi connectivity index (χ0v) is 55.5. The average Bonchev–Trinajstić information content (AvgIpc) is 1.65. The molecule has 40 nitrogen and oxygen atoms in total. The number of nitrogens with one attached hydrogen (secondary N) is 4. The summed E-state index contributed by atoms with van der Waals surface area (Å²) >= 11 is 0. The van der Waals surface area contributed by atoms with Crippen molar-refractivity contribution in [3.63, 3.8) is 0 Å². The van der Waals surface area contributed by atoms with Crippen molar-refractivity contribution in [2.24, 2.45) is 22.7 Å². The topological polar surface area (TPSA) is 573 Å². The molecule has 4 aromatic rings. The van der Waals surface area contributed by atoms with Gasteiger partial charge in [-0.15, -0.1) is 0 Å². The van der Waals surface area contributed by atoms with Crippen LogP contribution in [0.1, 0.15) is 132 Å². The van der Waals surface area contributed by atoms with Gasteiger partial charge in [-0.25, -0.2) is 19.2 Å². The molecule has 4 fully saturated rings. The number of aliphatic hydroxyl groups excluding tert-OH is 8. The molecule has 4 aliphatic heterocycles. The Kier molecular flexibility index (Phi) is 28.0. The van der Waals surface area contributed by atoms with Crippen molar-refractivity contribution in [3.8, 4) is 0 Å². The van der Waals surface area contributed by atoms with E-state index in [9.17, 15) is 79.2 Å². The fourth-order valence-electron chi connectivity index (χ4n) is 9.16. The minimum Gasteiger partial charge on any atom is -0.463 e. The maximum absolute atomic E-state index is 12.3. The van der Waals surface area contributed by atoms with Gasteiger partial charge in [0.15, 0.2) is 48.1 Å². The predicted molar refractivity (Wildman–Crippen MR) is 335 cm³/mol. The number of rotatable bonds is 23. The Labute approximate surface area is 569 Å². The second-order valence-corrected chi connectivity index (χ2v) is 25.0. The molecule has 16 N–H and O–H groups in total. The normalized spacial score (nSPS) is 29.9. The van der Waals surface area contributed by atoms with Crippen molar-refractivity contribution < 1.29 is 124 Å². The Morgan fingerprint density at radius 3 is 0.990 bits per heavy atom. The minimum absolute atomic E-state index is 0.142. The van der Waals surface area contributed by atoms with E-state index in [1.54, 1.807) is 56.5 Å². The summed E-state index contributed by atoms with van der Waals surface area (Å²) in [5.74, 6) is -3.28. The van der Waals surface area contributed by atoms with Crippen LogP contribution < -0.4 is 44.7 Å². The molecular formula is C59H90N12O28. The first-order chi connectivity index (χ1) is 48.0. The van der Waals surface area contributed by atoms with Crippen molar-refractivity contribution in [2.45, 2.75) is 199 Å². The van der Waals surface area contributed by atoms with Crippen LogP contribution in [-0.2, 0) is 57.1 Å². The molecule has 99 heavy (non-hydrogen) atoms. The van der Waals surface area contributed by atoms with Crippen LogP contribution in [0.25, 0.3) is 0 Å². The van der Waals surface area contributed by atoms with Gasteiger partial charge in [-0.1, -0.05) is 61.3 Å². The molecule has 0 bridgehead atoms. The lowest BCUT2D eigenvalue weighted by Crippen LogP contribution is -2.37. The Hall–Kier alpha value is -8.04. The molecule has 0 aliphatic carbocycles. The van der Waals surface area contributed by atoms with Gasteiger partial charge in [0.05, 0.1) is 29.2 Å². The second kappa shape index (κ2) is 36.9. The van der Waals surface area contributed by atoms with E-state index >= 15 is 0 Å². The summed E-state index contributed by atoms with van der Waals surface area (Å²) in [5, 5.41) is 116. The molecule has 0 unspecified atom stereocenters. The molecule has 0 radical (unpaired) electrons. The number of hydrogen-bond acceptors (Lipinski definition) is 36. The first-order valence-corrected chi connectivity index (χ1v) is 30.8. The van der Waals surface area contributed by atoms with E-state index in [2.05, 4.69) is 19.9 Å². The molecular weight excluding hydrogens is 1320 g/mol. The molecule has 8 rings (SSSR count). The van der Waals surface area contributed by atoms with Gasteiger partial charge in [0.25, 0.3) is 0 Å². The van der Waals surface area contributed by atoms with Gasteiger partial charge in [-0.3, -0.25) is 80.2 Å². The lowest BCUT2D eigenvalue weighted by atomic mass is 9.92. The number of esters is 4. The summed E-state index contributed by atoms with van der Waals surface area (Å²) in [6.45, 7) is 16.2. The first kappa shape index (κ1) is 75.2. The number of nitrogens with zero attached hydrogens (tertiary/aromatic N) is 8. The SMILES string of the molecule is [2H][C@@]1(n2ccc(NO)nc2=O)O[C@H](COC(=O)C(C)(C)C)[C@@H](O)[C@H]1O.[2H][C@@]1(n2ccc(NO)nc2=O)O[C@H](COC(=O)C(C)C)[C@@H](O)[C@H]1O.[2H][C@@]1(n2ccc(NO)nc2=O)O[C@H](COC(=O)C(CCC)CCC)[C@@H](O)[C@H]1O.[2H][C@@]1(n2ccc(NO)nc2=O)O[C@H](COC(=O)CC(C)(C)C)[C@@H](O)[C@H]1O. The Balaban J connectivity index is 0.000000247. The van der Waals surface area contributed by atoms with Crippen LogP contribution in [0.5, 0.6) is 0 Å². The van der Waals surface area contributed by atoms with Crippen LogP contribution in [0.15, 0.2) is 68.2 Å². The smallest absolute Gasteiger partial charge is 0.351 e. The van der Waals surface area contributed by atoms with Crippen molar-refractivity contribution in [3.05, 3.63) is 91.0 Å². The fraction of sp³-hybridized carbons (Fsp3) is 0.661. The van der Waals surface area contributed by atoms with Gasteiger partial charge in [0.1, 0.15) is 99.7 Å². The highest BCUT2D eigenvalue weighted by atomic mass is 16.6. The predicted octanol–water partition coefficient (Wildman–Crippen LogP) is -1.82. The summed E-state index contributed by atoms with van der Waals surface area (Å²) < 4.78 is 77.2. The number of carbonyl (C=O) groups is 4. The quantitative estimate of drug-likeness (QED) is 0.0221. The number of ether oxygens (including phenoxy) is 8. The lowest BCUT2D eigenvalue weighted by molar-refractivity contribution is -0.159. The Bertz CT molecular complexity index is 3770. The molecule has 40 heteroatoms. The third kappa shape index (κ3) is 22.2. The summed E-state index contributed by atoms with van der Waals surface area (Å²) in [6.07, 6.45) is -20.2. The van der Waals surface area contributed by atoms with Crippen molar-refractivity contribution >= 4 is 47.1 Å². The summed E-state index contributed by atoms with van der Waals surface area (Å²) in [7, 11) is 0. The summed E-state index contributed by atoms with van der Waals surface area (Å²) in [6, 6.07) is 4.71. The lowest BCUT2D eigenvalue weighted by Gasteiger charge is -2.20. The monoisotopic (exact) mass is 1420 g/mol. The van der Waals surface area contributed by atoms with E-state index in [1.165, 1.54) is 24.3 Å². The highest BCUT2D eigenvalue weighted by Gasteiger charge is 2.48. The highest BCUT2D eigenvalue weighted by Crippen LogP contribution is 2.33. The molecule has 16 atom stereocenters. The molecule has 0 saturated carbocycles. The van der Waals surface area contributed by atoms with Gasteiger partial charge in [0.2, 0.25) is 0 Å². The van der Waals surface area contributed by atoms with Gasteiger partial charge < -0.3 is 78.7 Å². The molecule has 0 aromatic carbocycles. The third-order valence-corrected chi connectivity index (χ3v) is 14.5. The van der Waals surface area contributed by atoms with E-state index in [0.717, 1.165) is 37.6 Å². The van der Waals surface area contributed by atoms with Gasteiger partial charge in [0, 0.05) is 24.8 Å². The minimum atomic E-state index is -2.36. The van der Waals surface area contributed by atoms with Crippen molar-refractivity contribution in [1.29, 1.82) is 0 Å². The van der Waals surface area contributed by atoms with Gasteiger partial charge in [-0.05, 0) is 63.3 Å². The maximum atomic E-state index is 12.3. The molecule has 0 amide bonds. The van der Waals surface area contributed by atoms with Crippen LogP contribution in [0, 0.1) is 22.7 Å². The first-order valence-electron chi connectivity index (χ1n) is 32.8. The van der Waals surface area contributed by atoms with E-state index in [0.29, 0.717) is 31.1 Å². The van der Waals surface area contributed by atoms with Crippen LogP contribution in [0.4, 0.5) is 23.3 Å². The Morgan fingerprint density at radius 2 is 0.747 bits per heavy atom. The molecule has 4 aromatic heterocycles. The summed E-state index contributed by atoms with van der Waals surface area (Å²) in [4.78, 5) is 109. The third-order valence-electron chi connectivity index (χ3n) is 14.5. The van der Waals surface area contributed by atoms with Crippen LogP contribution in [-0.4, -0.2) is 223 Å². The van der Waals surface area contributed by atoms with E-state index in [1.807, 2.05) is 34.6 Å². The number of hydrogen-bond donors (Lipinski definition) is 16. The largest absolute Gasteiger partial charge is 0.463 e. The number of aromatic nitrogens is 8. The number of carbonyl (C=O) groups excluding carboxylic acids is 4. The van der Waals surface area contributed by atoms with Crippen molar-refractivity contribution in [1.82, 2.24) is 38.2 Å². The van der Waals surface area contributed by atoms with E-state index < -0.39 is 157 Å². The molecule has 0 spiro atoms. The Morgan fingerprint density at radius 1 is 0.475 bits per heavy atom. The molecule has 554 valence electrons.